The Labute approximate surface area is 120 Å². The van der Waals surface area contributed by atoms with Crippen molar-refractivity contribution in [2.45, 2.75) is 44.9 Å². The number of rotatable bonds is 6. The quantitative estimate of drug-likeness (QED) is 0.870. The van der Waals surface area contributed by atoms with E-state index in [1.54, 1.807) is 0 Å². The van der Waals surface area contributed by atoms with Crippen LogP contribution >= 0.6 is 11.6 Å². The number of aryl methyl sites for hydroxylation is 1. The van der Waals surface area contributed by atoms with Crippen molar-refractivity contribution in [3.63, 3.8) is 0 Å². The molecule has 3 atom stereocenters. The van der Waals surface area contributed by atoms with Crippen molar-refractivity contribution in [2.24, 2.45) is 0 Å². The molecule has 0 aromatic heterocycles. The summed E-state index contributed by atoms with van der Waals surface area (Å²) in [4.78, 5) is 0. The van der Waals surface area contributed by atoms with Crippen LogP contribution < -0.4 is 10.1 Å². The predicted octanol–water partition coefficient (Wildman–Crippen LogP) is 3.18. The van der Waals surface area contributed by atoms with Gasteiger partial charge in [-0.05, 0) is 44.2 Å². The van der Waals surface area contributed by atoms with Crippen LogP contribution in [0.25, 0.3) is 0 Å². The van der Waals surface area contributed by atoms with Crippen molar-refractivity contribution in [3.8, 4) is 5.75 Å². The van der Waals surface area contributed by atoms with E-state index >= 15 is 0 Å². The van der Waals surface area contributed by atoms with E-state index in [0.717, 1.165) is 35.8 Å². The van der Waals surface area contributed by atoms with Crippen LogP contribution in [0, 0.1) is 6.92 Å². The highest BCUT2D eigenvalue weighted by Crippen LogP contribution is 2.30. The largest absolute Gasteiger partial charge is 0.488 e. The van der Waals surface area contributed by atoms with E-state index in [1.807, 2.05) is 32.2 Å². The van der Waals surface area contributed by atoms with E-state index in [-0.39, 0.29) is 12.2 Å². The molecule has 0 aliphatic heterocycles. The highest BCUT2D eigenvalue weighted by molar-refractivity contribution is 6.31. The molecular formula is C15H22ClNO2. The molecule has 1 aromatic rings. The average molecular weight is 284 g/mol. The minimum Gasteiger partial charge on any atom is -0.488 e. The number of ether oxygens (including phenoxy) is 2. The lowest BCUT2D eigenvalue weighted by Gasteiger charge is -2.43. The van der Waals surface area contributed by atoms with Gasteiger partial charge in [-0.1, -0.05) is 18.5 Å². The fourth-order valence-electron chi connectivity index (χ4n) is 2.32. The third-order valence-corrected chi connectivity index (χ3v) is 3.98. The SMILES string of the molecule is CCCOC1C(NC)CC1Oc1ccc(Cl)c(C)c1. The Morgan fingerprint density at radius 3 is 2.84 bits per heavy atom. The van der Waals surface area contributed by atoms with Crippen LogP contribution in [-0.2, 0) is 4.74 Å². The molecule has 0 amide bonds. The molecular weight excluding hydrogens is 262 g/mol. The number of hydrogen-bond acceptors (Lipinski definition) is 3. The standard InChI is InChI=1S/C15H22ClNO2/c1-4-7-18-15-13(17-3)9-14(15)19-11-5-6-12(16)10(2)8-11/h5-6,8,13-15,17H,4,7,9H2,1-3H3. The Morgan fingerprint density at radius 1 is 1.42 bits per heavy atom. The minimum absolute atomic E-state index is 0.129. The van der Waals surface area contributed by atoms with Gasteiger partial charge in [0.25, 0.3) is 0 Å². The van der Waals surface area contributed by atoms with E-state index in [2.05, 4.69) is 12.2 Å². The van der Waals surface area contributed by atoms with Gasteiger partial charge in [-0.2, -0.15) is 0 Å². The van der Waals surface area contributed by atoms with Gasteiger partial charge in [0.15, 0.2) is 0 Å². The summed E-state index contributed by atoms with van der Waals surface area (Å²) >= 11 is 6.02. The van der Waals surface area contributed by atoms with Crippen molar-refractivity contribution < 1.29 is 9.47 Å². The van der Waals surface area contributed by atoms with Gasteiger partial charge < -0.3 is 14.8 Å². The number of halogens is 1. The topological polar surface area (TPSA) is 30.5 Å². The fraction of sp³-hybridized carbons (Fsp3) is 0.600. The van der Waals surface area contributed by atoms with Crippen LogP contribution in [0.3, 0.4) is 0 Å². The fourth-order valence-corrected chi connectivity index (χ4v) is 2.44. The smallest absolute Gasteiger partial charge is 0.128 e. The second-order valence-corrected chi connectivity index (χ2v) is 5.44. The summed E-state index contributed by atoms with van der Waals surface area (Å²) in [5.74, 6) is 0.867. The monoisotopic (exact) mass is 283 g/mol. The molecule has 3 nitrogen and oxygen atoms in total. The molecule has 0 radical (unpaired) electrons. The number of hydrogen-bond donors (Lipinski definition) is 1. The maximum Gasteiger partial charge on any atom is 0.128 e. The summed E-state index contributed by atoms with van der Waals surface area (Å²) in [6, 6.07) is 6.16. The van der Waals surface area contributed by atoms with Gasteiger partial charge >= 0.3 is 0 Å². The van der Waals surface area contributed by atoms with Gasteiger partial charge in [-0.15, -0.1) is 0 Å². The summed E-state index contributed by atoms with van der Waals surface area (Å²) in [7, 11) is 1.97. The van der Waals surface area contributed by atoms with Gasteiger partial charge in [0.2, 0.25) is 0 Å². The lowest BCUT2D eigenvalue weighted by molar-refractivity contribution is -0.106. The summed E-state index contributed by atoms with van der Waals surface area (Å²) < 4.78 is 11.9. The van der Waals surface area contributed by atoms with Crippen LogP contribution in [0.1, 0.15) is 25.3 Å². The first-order chi connectivity index (χ1) is 9.15. The molecule has 4 heteroatoms. The summed E-state index contributed by atoms with van der Waals surface area (Å²) in [6.07, 6.45) is 2.28. The van der Waals surface area contributed by atoms with Crippen LogP contribution in [-0.4, -0.2) is 31.9 Å². The zero-order valence-corrected chi connectivity index (χ0v) is 12.5. The van der Waals surface area contributed by atoms with Crippen LogP contribution in [0.4, 0.5) is 0 Å². The third kappa shape index (κ3) is 3.41. The Balaban J connectivity index is 1.96. The van der Waals surface area contributed by atoms with Gasteiger partial charge in [0, 0.05) is 24.1 Å². The normalized spacial score (nSPS) is 26.0. The molecule has 0 bridgehead atoms. The van der Waals surface area contributed by atoms with Crippen molar-refractivity contribution in [3.05, 3.63) is 28.8 Å². The van der Waals surface area contributed by atoms with Crippen molar-refractivity contribution in [1.82, 2.24) is 5.32 Å². The van der Waals surface area contributed by atoms with E-state index in [9.17, 15) is 0 Å². The molecule has 106 valence electrons. The van der Waals surface area contributed by atoms with Crippen LogP contribution in [0.2, 0.25) is 5.02 Å². The molecule has 0 spiro atoms. The van der Waals surface area contributed by atoms with E-state index in [0.29, 0.717) is 6.04 Å². The highest BCUT2D eigenvalue weighted by atomic mass is 35.5. The molecule has 1 aliphatic carbocycles. The zero-order valence-electron chi connectivity index (χ0n) is 11.8. The Morgan fingerprint density at radius 2 is 2.21 bits per heavy atom. The molecule has 1 fully saturated rings. The Hall–Kier alpha value is -0.770. The third-order valence-electron chi connectivity index (χ3n) is 3.55. The number of likely N-dealkylation sites (N-methyl/N-ethyl adjacent to an activating group) is 1. The van der Waals surface area contributed by atoms with Gasteiger partial charge in [-0.25, -0.2) is 0 Å². The average Bonchev–Trinajstić information content (AvgIpc) is 2.38. The first-order valence-electron chi connectivity index (χ1n) is 6.87. The second-order valence-electron chi connectivity index (χ2n) is 5.03. The molecule has 0 heterocycles. The van der Waals surface area contributed by atoms with Gasteiger partial charge in [-0.3, -0.25) is 0 Å². The van der Waals surface area contributed by atoms with Crippen molar-refractivity contribution in [2.75, 3.05) is 13.7 Å². The molecule has 19 heavy (non-hydrogen) atoms. The van der Waals surface area contributed by atoms with Gasteiger partial charge in [0.1, 0.15) is 18.0 Å². The van der Waals surface area contributed by atoms with Crippen molar-refractivity contribution in [1.29, 1.82) is 0 Å². The van der Waals surface area contributed by atoms with Crippen LogP contribution in [0.5, 0.6) is 5.75 Å². The molecule has 1 aliphatic rings. The lowest BCUT2D eigenvalue weighted by atomic mass is 9.85. The zero-order chi connectivity index (χ0) is 13.8. The predicted molar refractivity (Wildman–Crippen MR) is 78.1 cm³/mol. The number of nitrogens with one attached hydrogen (secondary N) is 1. The lowest BCUT2D eigenvalue weighted by Crippen LogP contribution is -2.60. The molecule has 3 unspecified atom stereocenters. The second kappa shape index (κ2) is 6.60. The summed E-state index contributed by atoms with van der Waals surface area (Å²) in [6.45, 7) is 4.88. The summed E-state index contributed by atoms with van der Waals surface area (Å²) in [5.41, 5.74) is 1.04. The first-order valence-corrected chi connectivity index (χ1v) is 7.25. The van der Waals surface area contributed by atoms with E-state index in [1.165, 1.54) is 0 Å². The van der Waals surface area contributed by atoms with Crippen LogP contribution in [0.15, 0.2) is 18.2 Å². The van der Waals surface area contributed by atoms with E-state index in [4.69, 9.17) is 21.1 Å². The molecule has 0 saturated heterocycles. The first kappa shape index (κ1) is 14.6. The molecule has 1 N–H and O–H groups in total. The van der Waals surface area contributed by atoms with Crippen molar-refractivity contribution >= 4 is 11.6 Å². The Kier molecular flexibility index (Phi) is 5.08. The maximum atomic E-state index is 6.02. The maximum absolute atomic E-state index is 6.02. The molecule has 1 aromatic carbocycles. The minimum atomic E-state index is 0.129. The molecule has 2 rings (SSSR count). The van der Waals surface area contributed by atoms with Gasteiger partial charge in [0.05, 0.1) is 0 Å². The van der Waals surface area contributed by atoms with E-state index < -0.39 is 0 Å². The molecule has 1 saturated carbocycles. The highest BCUT2D eigenvalue weighted by Gasteiger charge is 2.42. The summed E-state index contributed by atoms with van der Waals surface area (Å²) in [5, 5.41) is 4.04. The number of benzene rings is 1. The Bertz CT molecular complexity index is 425.